The summed E-state index contributed by atoms with van der Waals surface area (Å²) in [5, 5.41) is 11.5. The number of hydrogen-bond donors (Lipinski definition) is 2. The van der Waals surface area contributed by atoms with E-state index in [1.807, 2.05) is 0 Å². The first kappa shape index (κ1) is 19.6. The maximum atomic E-state index is 13.0. The number of aromatic amines is 1. The van der Waals surface area contributed by atoms with Crippen molar-refractivity contribution in [3.05, 3.63) is 71.5 Å². The average Bonchev–Trinajstić information content (AvgIpc) is 3.39. The third-order valence-electron chi connectivity index (χ3n) is 4.06. The lowest BCUT2D eigenvalue weighted by molar-refractivity contribution is -0.0498. The van der Waals surface area contributed by atoms with Crippen molar-refractivity contribution in [1.29, 1.82) is 0 Å². The first-order valence-corrected chi connectivity index (χ1v) is 9.49. The molecule has 0 aliphatic heterocycles. The van der Waals surface area contributed by atoms with E-state index in [1.54, 1.807) is 35.7 Å². The van der Waals surface area contributed by atoms with Gasteiger partial charge in [0.1, 0.15) is 17.3 Å². The van der Waals surface area contributed by atoms with Gasteiger partial charge in [0.05, 0.1) is 11.4 Å². The zero-order valence-corrected chi connectivity index (χ0v) is 15.9. The zero-order valence-electron chi connectivity index (χ0n) is 15.1. The van der Waals surface area contributed by atoms with Crippen molar-refractivity contribution >= 4 is 22.4 Å². The van der Waals surface area contributed by atoms with Gasteiger partial charge in [-0.2, -0.15) is 13.9 Å². The van der Waals surface area contributed by atoms with E-state index in [2.05, 4.69) is 25.2 Å². The highest BCUT2D eigenvalue weighted by Crippen LogP contribution is 2.27. The second-order valence-corrected chi connectivity index (χ2v) is 6.93. The van der Waals surface area contributed by atoms with E-state index in [0.29, 0.717) is 27.6 Å². The van der Waals surface area contributed by atoms with Gasteiger partial charge in [0.2, 0.25) is 0 Å². The minimum atomic E-state index is -2.89. The minimum absolute atomic E-state index is 0.0497. The van der Waals surface area contributed by atoms with Gasteiger partial charge in [-0.05, 0) is 54.6 Å². The fourth-order valence-corrected chi connectivity index (χ4v) is 3.36. The molecule has 0 unspecified atom stereocenters. The number of benzene rings is 2. The molecule has 0 bridgehead atoms. The number of thiazole rings is 1. The van der Waals surface area contributed by atoms with E-state index < -0.39 is 12.5 Å². The molecule has 1 amide bonds. The molecular weight excluding hydrogens is 417 g/mol. The quantitative estimate of drug-likeness (QED) is 0.441. The molecule has 4 rings (SSSR count). The molecule has 0 aliphatic rings. The molecule has 152 valence electrons. The Hall–Kier alpha value is -3.66. The number of alkyl halides is 2. The summed E-state index contributed by atoms with van der Waals surface area (Å²) in [5.74, 6) is -0.742. The highest BCUT2D eigenvalue weighted by Gasteiger charge is 2.14. The Bertz CT molecular complexity index is 1160. The highest BCUT2D eigenvalue weighted by atomic mass is 32.1. The lowest BCUT2D eigenvalue weighted by atomic mass is 10.1. The Balaban J connectivity index is 1.43. The Morgan fingerprint density at radius 3 is 2.40 bits per heavy atom. The first-order chi connectivity index (χ1) is 14.5. The fraction of sp³-hybridized carbons (Fsp3) is 0.0500. The summed E-state index contributed by atoms with van der Waals surface area (Å²) in [6.45, 7) is -2.89. The SMILES string of the molecule is O=C(Nc1nc(-c2ccc(OC(F)F)cc2)cs1)c1cc(-c2ccc(F)cc2)n[nH]1. The number of H-pyrrole nitrogens is 1. The molecule has 2 N–H and O–H groups in total. The van der Waals surface area contributed by atoms with Crippen LogP contribution in [0.3, 0.4) is 0 Å². The Kier molecular flexibility index (Phi) is 5.48. The summed E-state index contributed by atoms with van der Waals surface area (Å²) in [4.78, 5) is 16.8. The van der Waals surface area contributed by atoms with E-state index >= 15 is 0 Å². The van der Waals surface area contributed by atoms with Gasteiger partial charge in [-0.1, -0.05) is 0 Å². The highest BCUT2D eigenvalue weighted by molar-refractivity contribution is 7.14. The number of ether oxygens (including phenoxy) is 1. The number of carbonyl (C=O) groups excluding carboxylic acids is 1. The Morgan fingerprint density at radius 2 is 1.70 bits per heavy atom. The van der Waals surface area contributed by atoms with Crippen molar-refractivity contribution in [2.24, 2.45) is 0 Å². The van der Waals surface area contributed by atoms with E-state index in [-0.39, 0.29) is 17.3 Å². The maximum absolute atomic E-state index is 13.0. The number of aromatic nitrogens is 3. The number of anilines is 1. The summed E-state index contributed by atoms with van der Waals surface area (Å²) in [6, 6.07) is 13.3. The summed E-state index contributed by atoms with van der Waals surface area (Å²) in [6.07, 6.45) is 0. The normalized spacial score (nSPS) is 10.9. The van der Waals surface area contributed by atoms with Crippen LogP contribution in [-0.2, 0) is 0 Å². The molecule has 30 heavy (non-hydrogen) atoms. The molecule has 2 aromatic heterocycles. The Morgan fingerprint density at radius 1 is 1.03 bits per heavy atom. The van der Waals surface area contributed by atoms with Crippen LogP contribution in [0.1, 0.15) is 10.5 Å². The van der Waals surface area contributed by atoms with Gasteiger partial charge in [-0.3, -0.25) is 15.2 Å². The van der Waals surface area contributed by atoms with Crippen molar-refractivity contribution in [3.63, 3.8) is 0 Å². The number of halogens is 3. The molecule has 0 spiro atoms. The van der Waals surface area contributed by atoms with Gasteiger partial charge in [0.15, 0.2) is 5.13 Å². The van der Waals surface area contributed by atoms with Crippen LogP contribution in [0.25, 0.3) is 22.5 Å². The van der Waals surface area contributed by atoms with Crippen molar-refractivity contribution in [2.75, 3.05) is 5.32 Å². The summed E-state index contributed by atoms with van der Waals surface area (Å²) in [5.41, 5.74) is 2.66. The number of nitrogens with one attached hydrogen (secondary N) is 2. The number of amides is 1. The number of hydrogen-bond acceptors (Lipinski definition) is 5. The third kappa shape index (κ3) is 4.49. The topological polar surface area (TPSA) is 79.9 Å². The van der Waals surface area contributed by atoms with Gasteiger partial charge >= 0.3 is 6.61 Å². The largest absolute Gasteiger partial charge is 0.435 e. The second-order valence-electron chi connectivity index (χ2n) is 6.07. The van der Waals surface area contributed by atoms with Crippen LogP contribution in [0, 0.1) is 5.82 Å². The predicted molar refractivity (Wildman–Crippen MR) is 106 cm³/mol. The average molecular weight is 430 g/mol. The van der Waals surface area contributed by atoms with Gasteiger partial charge < -0.3 is 4.74 Å². The fourth-order valence-electron chi connectivity index (χ4n) is 2.64. The minimum Gasteiger partial charge on any atom is -0.435 e. The summed E-state index contributed by atoms with van der Waals surface area (Å²) < 4.78 is 41.8. The lowest BCUT2D eigenvalue weighted by Gasteiger charge is -2.04. The predicted octanol–water partition coefficient (Wildman–Crippen LogP) is 5.19. The van der Waals surface area contributed by atoms with Crippen LogP contribution < -0.4 is 10.1 Å². The standard InChI is InChI=1S/C20H13F3N4O2S/c21-13-5-1-11(2-6-13)15-9-16(27-26-15)18(28)25-20-24-17(10-30-20)12-3-7-14(8-4-12)29-19(22)23/h1-10,19H,(H,26,27)(H,24,25,28). The lowest BCUT2D eigenvalue weighted by Crippen LogP contribution is -2.12. The molecule has 2 aromatic carbocycles. The zero-order chi connectivity index (χ0) is 21.1. The van der Waals surface area contributed by atoms with Crippen LogP contribution >= 0.6 is 11.3 Å². The molecular formula is C20H13F3N4O2S. The van der Waals surface area contributed by atoms with Crippen molar-refractivity contribution in [3.8, 4) is 28.3 Å². The third-order valence-corrected chi connectivity index (χ3v) is 4.82. The van der Waals surface area contributed by atoms with Crippen LogP contribution in [0.4, 0.5) is 18.3 Å². The first-order valence-electron chi connectivity index (χ1n) is 8.61. The number of rotatable bonds is 6. The second kappa shape index (κ2) is 8.37. The molecule has 0 fully saturated rings. The van der Waals surface area contributed by atoms with E-state index in [0.717, 1.165) is 0 Å². The van der Waals surface area contributed by atoms with Crippen LogP contribution in [0.2, 0.25) is 0 Å². The summed E-state index contributed by atoms with van der Waals surface area (Å²) in [7, 11) is 0. The summed E-state index contributed by atoms with van der Waals surface area (Å²) >= 11 is 1.22. The van der Waals surface area contributed by atoms with Gasteiger partial charge in [0, 0.05) is 16.5 Å². The van der Waals surface area contributed by atoms with Gasteiger partial charge in [0.25, 0.3) is 5.91 Å². The molecule has 6 nitrogen and oxygen atoms in total. The molecule has 0 radical (unpaired) electrons. The van der Waals surface area contributed by atoms with E-state index in [1.165, 1.54) is 35.6 Å². The van der Waals surface area contributed by atoms with Gasteiger partial charge in [-0.15, -0.1) is 11.3 Å². The molecule has 0 saturated heterocycles. The van der Waals surface area contributed by atoms with Crippen molar-refractivity contribution in [1.82, 2.24) is 15.2 Å². The van der Waals surface area contributed by atoms with Crippen molar-refractivity contribution < 1.29 is 22.7 Å². The molecule has 2 heterocycles. The Labute approximate surface area is 172 Å². The van der Waals surface area contributed by atoms with Crippen LogP contribution in [0.15, 0.2) is 60.0 Å². The van der Waals surface area contributed by atoms with E-state index in [9.17, 15) is 18.0 Å². The number of carbonyl (C=O) groups is 1. The molecule has 0 atom stereocenters. The molecule has 4 aromatic rings. The molecule has 10 heteroatoms. The van der Waals surface area contributed by atoms with Gasteiger partial charge in [-0.25, -0.2) is 9.37 Å². The van der Waals surface area contributed by atoms with Crippen LogP contribution in [-0.4, -0.2) is 27.7 Å². The van der Waals surface area contributed by atoms with Crippen LogP contribution in [0.5, 0.6) is 5.75 Å². The molecule has 0 aliphatic carbocycles. The monoisotopic (exact) mass is 430 g/mol. The maximum Gasteiger partial charge on any atom is 0.387 e. The molecule has 0 saturated carbocycles. The number of nitrogens with zero attached hydrogens (tertiary/aromatic N) is 2. The smallest absolute Gasteiger partial charge is 0.387 e. The van der Waals surface area contributed by atoms with Crippen molar-refractivity contribution in [2.45, 2.75) is 6.61 Å². The van der Waals surface area contributed by atoms with E-state index in [4.69, 9.17) is 0 Å².